The van der Waals surface area contributed by atoms with Gasteiger partial charge in [0.15, 0.2) is 0 Å². The fourth-order valence-corrected chi connectivity index (χ4v) is 2.25. The average Bonchev–Trinajstić information content (AvgIpc) is 2.40. The summed E-state index contributed by atoms with van der Waals surface area (Å²) in [5.41, 5.74) is 1.06. The van der Waals surface area contributed by atoms with Gasteiger partial charge in [0, 0.05) is 11.4 Å². The van der Waals surface area contributed by atoms with Gasteiger partial charge in [-0.25, -0.2) is 0 Å². The van der Waals surface area contributed by atoms with Gasteiger partial charge in [0.2, 0.25) is 0 Å². The second kappa shape index (κ2) is 6.98. The molecule has 18 heavy (non-hydrogen) atoms. The molecular weight excluding hydrogens is 250 g/mol. The molecule has 1 saturated heterocycles. The normalized spacial score (nSPS) is 16.8. The SMILES string of the molecule is Cc1cc(OCCC[NH+]2CCOCC2)ccc1Cl. The van der Waals surface area contributed by atoms with Gasteiger partial charge in [-0.2, -0.15) is 0 Å². The summed E-state index contributed by atoms with van der Waals surface area (Å²) in [7, 11) is 0. The lowest BCUT2D eigenvalue weighted by molar-refractivity contribution is -0.908. The van der Waals surface area contributed by atoms with Crippen LogP contribution in [-0.4, -0.2) is 39.5 Å². The summed E-state index contributed by atoms with van der Waals surface area (Å²) >= 11 is 5.97. The number of benzene rings is 1. The molecular formula is C14H21ClNO2+. The Bertz CT molecular complexity index is 378. The molecule has 0 atom stereocenters. The van der Waals surface area contributed by atoms with E-state index in [-0.39, 0.29) is 0 Å². The van der Waals surface area contributed by atoms with E-state index in [0.29, 0.717) is 0 Å². The molecule has 0 bridgehead atoms. The van der Waals surface area contributed by atoms with E-state index in [9.17, 15) is 0 Å². The summed E-state index contributed by atoms with van der Waals surface area (Å²) in [5, 5.41) is 0.792. The van der Waals surface area contributed by atoms with Crippen molar-refractivity contribution >= 4 is 11.6 Å². The second-order valence-corrected chi connectivity index (χ2v) is 5.13. The predicted octanol–water partition coefficient (Wildman–Crippen LogP) is 1.33. The molecule has 1 aliphatic rings. The topological polar surface area (TPSA) is 22.9 Å². The molecule has 0 spiro atoms. The van der Waals surface area contributed by atoms with Gasteiger partial charge < -0.3 is 14.4 Å². The Balaban J connectivity index is 1.66. The largest absolute Gasteiger partial charge is 0.493 e. The smallest absolute Gasteiger partial charge is 0.119 e. The third-order valence-corrected chi connectivity index (χ3v) is 3.70. The van der Waals surface area contributed by atoms with Crippen LogP contribution in [0, 0.1) is 6.92 Å². The van der Waals surface area contributed by atoms with Gasteiger partial charge in [-0.05, 0) is 30.7 Å². The zero-order valence-corrected chi connectivity index (χ0v) is 11.6. The van der Waals surface area contributed by atoms with Gasteiger partial charge in [0.05, 0.1) is 26.4 Å². The van der Waals surface area contributed by atoms with E-state index in [0.717, 1.165) is 62.2 Å². The molecule has 1 fully saturated rings. The van der Waals surface area contributed by atoms with Gasteiger partial charge in [-0.15, -0.1) is 0 Å². The highest BCUT2D eigenvalue weighted by atomic mass is 35.5. The first-order chi connectivity index (χ1) is 8.75. The first-order valence-electron chi connectivity index (χ1n) is 6.56. The molecule has 4 heteroatoms. The summed E-state index contributed by atoms with van der Waals surface area (Å²) in [6.45, 7) is 7.97. The van der Waals surface area contributed by atoms with E-state index in [1.807, 2.05) is 25.1 Å². The predicted molar refractivity (Wildman–Crippen MR) is 72.7 cm³/mol. The Labute approximate surface area is 114 Å². The Morgan fingerprint density at radius 2 is 2.11 bits per heavy atom. The Kier molecular flexibility index (Phi) is 5.29. The monoisotopic (exact) mass is 270 g/mol. The van der Waals surface area contributed by atoms with Crippen molar-refractivity contribution < 1.29 is 14.4 Å². The van der Waals surface area contributed by atoms with Gasteiger partial charge in [-0.1, -0.05) is 11.6 Å². The maximum Gasteiger partial charge on any atom is 0.119 e. The molecule has 3 nitrogen and oxygen atoms in total. The standard InChI is InChI=1S/C14H20ClNO2/c1-12-11-13(3-4-14(12)15)18-8-2-5-16-6-9-17-10-7-16/h3-4,11H,2,5-10H2,1H3/p+1. The van der Waals surface area contributed by atoms with Crippen LogP contribution < -0.4 is 9.64 Å². The van der Waals surface area contributed by atoms with Gasteiger partial charge in [-0.3, -0.25) is 0 Å². The number of hydrogen-bond donors (Lipinski definition) is 1. The van der Waals surface area contributed by atoms with E-state index in [1.54, 1.807) is 4.90 Å². The number of aryl methyl sites for hydroxylation is 1. The summed E-state index contributed by atoms with van der Waals surface area (Å²) < 4.78 is 11.1. The van der Waals surface area contributed by atoms with Crippen molar-refractivity contribution in [2.45, 2.75) is 13.3 Å². The maximum atomic E-state index is 5.97. The quantitative estimate of drug-likeness (QED) is 0.816. The molecule has 0 radical (unpaired) electrons. The van der Waals surface area contributed by atoms with Crippen LogP contribution in [-0.2, 0) is 4.74 Å². The number of rotatable bonds is 5. The van der Waals surface area contributed by atoms with Crippen molar-refractivity contribution in [1.82, 2.24) is 0 Å². The zero-order valence-electron chi connectivity index (χ0n) is 10.9. The van der Waals surface area contributed by atoms with E-state index in [4.69, 9.17) is 21.1 Å². The van der Waals surface area contributed by atoms with Gasteiger partial charge in [0.1, 0.15) is 18.8 Å². The molecule has 1 aliphatic heterocycles. The minimum absolute atomic E-state index is 0.769. The average molecular weight is 271 g/mol. The number of nitrogens with one attached hydrogen (secondary N) is 1. The molecule has 0 unspecified atom stereocenters. The molecule has 1 aromatic rings. The fourth-order valence-electron chi connectivity index (χ4n) is 2.13. The van der Waals surface area contributed by atoms with Crippen LogP contribution in [0.15, 0.2) is 18.2 Å². The maximum absolute atomic E-state index is 5.97. The van der Waals surface area contributed by atoms with Crippen LogP contribution in [0.3, 0.4) is 0 Å². The third kappa shape index (κ3) is 4.16. The number of ether oxygens (including phenoxy) is 2. The Hall–Kier alpha value is -0.770. The molecule has 0 aliphatic carbocycles. The van der Waals surface area contributed by atoms with Crippen LogP contribution in [0.1, 0.15) is 12.0 Å². The lowest BCUT2D eigenvalue weighted by atomic mass is 10.2. The third-order valence-electron chi connectivity index (χ3n) is 3.27. The van der Waals surface area contributed by atoms with E-state index in [1.165, 1.54) is 0 Å². The van der Waals surface area contributed by atoms with Gasteiger partial charge >= 0.3 is 0 Å². The number of halogens is 1. The van der Waals surface area contributed by atoms with Crippen molar-refractivity contribution in [1.29, 1.82) is 0 Å². The van der Waals surface area contributed by atoms with Crippen molar-refractivity contribution in [3.05, 3.63) is 28.8 Å². The molecule has 0 saturated carbocycles. The minimum atomic E-state index is 0.769. The number of morpholine rings is 1. The molecule has 1 heterocycles. The summed E-state index contributed by atoms with van der Waals surface area (Å²) in [6.07, 6.45) is 1.08. The first kappa shape index (κ1) is 13.7. The lowest BCUT2D eigenvalue weighted by Crippen LogP contribution is -3.14. The number of quaternary nitrogens is 1. The van der Waals surface area contributed by atoms with Crippen molar-refractivity contribution in [3.63, 3.8) is 0 Å². The van der Waals surface area contributed by atoms with Crippen molar-refractivity contribution in [2.24, 2.45) is 0 Å². The number of hydrogen-bond acceptors (Lipinski definition) is 2. The Morgan fingerprint density at radius 1 is 1.33 bits per heavy atom. The molecule has 0 aromatic heterocycles. The van der Waals surface area contributed by atoms with Crippen LogP contribution in [0.5, 0.6) is 5.75 Å². The molecule has 2 rings (SSSR count). The minimum Gasteiger partial charge on any atom is -0.493 e. The summed E-state index contributed by atoms with van der Waals surface area (Å²) in [6, 6.07) is 5.81. The van der Waals surface area contributed by atoms with Gasteiger partial charge in [0.25, 0.3) is 0 Å². The summed E-state index contributed by atoms with van der Waals surface area (Å²) in [4.78, 5) is 1.62. The summed E-state index contributed by atoms with van der Waals surface area (Å²) in [5.74, 6) is 0.911. The molecule has 1 aromatic carbocycles. The zero-order chi connectivity index (χ0) is 12.8. The first-order valence-corrected chi connectivity index (χ1v) is 6.94. The van der Waals surface area contributed by atoms with E-state index < -0.39 is 0 Å². The second-order valence-electron chi connectivity index (χ2n) is 4.73. The highest BCUT2D eigenvalue weighted by Crippen LogP contribution is 2.20. The van der Waals surface area contributed by atoms with E-state index in [2.05, 4.69) is 0 Å². The van der Waals surface area contributed by atoms with Crippen LogP contribution >= 0.6 is 11.6 Å². The molecule has 100 valence electrons. The van der Waals surface area contributed by atoms with Crippen molar-refractivity contribution in [3.8, 4) is 5.75 Å². The van der Waals surface area contributed by atoms with E-state index >= 15 is 0 Å². The van der Waals surface area contributed by atoms with Crippen molar-refractivity contribution in [2.75, 3.05) is 39.5 Å². The van der Waals surface area contributed by atoms with Crippen LogP contribution in [0.2, 0.25) is 5.02 Å². The highest BCUT2D eigenvalue weighted by molar-refractivity contribution is 6.31. The van der Waals surface area contributed by atoms with Crippen LogP contribution in [0.25, 0.3) is 0 Å². The molecule has 1 N–H and O–H groups in total. The van der Waals surface area contributed by atoms with Crippen LogP contribution in [0.4, 0.5) is 0 Å². The molecule has 0 amide bonds. The lowest BCUT2D eigenvalue weighted by Gasteiger charge is -2.23. The highest BCUT2D eigenvalue weighted by Gasteiger charge is 2.12. The Morgan fingerprint density at radius 3 is 2.83 bits per heavy atom. The fraction of sp³-hybridized carbons (Fsp3) is 0.571.